The second-order valence-corrected chi connectivity index (χ2v) is 4.64. The maximum Gasteiger partial charge on any atom is 0.212 e. The molecule has 0 aromatic carbocycles. The topological polar surface area (TPSA) is 72.0 Å². The first kappa shape index (κ1) is 12.8. The molecule has 0 unspecified atom stereocenters. The Morgan fingerprint density at radius 2 is 2.25 bits per heavy atom. The summed E-state index contributed by atoms with van der Waals surface area (Å²) in [5.41, 5.74) is 3.39. The van der Waals surface area contributed by atoms with Crippen molar-refractivity contribution >= 4 is 5.82 Å². The molecule has 2 aromatic heterocycles. The van der Waals surface area contributed by atoms with Crippen LogP contribution in [0.3, 0.4) is 0 Å². The molecule has 3 rings (SSSR count). The van der Waals surface area contributed by atoms with Crippen molar-refractivity contribution in [2.24, 2.45) is 0 Å². The van der Waals surface area contributed by atoms with Gasteiger partial charge in [0.25, 0.3) is 0 Å². The van der Waals surface area contributed by atoms with Gasteiger partial charge in [0, 0.05) is 43.9 Å². The van der Waals surface area contributed by atoms with E-state index in [0.717, 1.165) is 36.6 Å². The second kappa shape index (κ2) is 5.83. The number of ether oxygens (including phenoxy) is 1. The van der Waals surface area contributed by atoms with Gasteiger partial charge in [-0.1, -0.05) is 6.07 Å². The number of hydrogen-bond donors (Lipinski definition) is 2. The van der Waals surface area contributed by atoms with Crippen LogP contribution in [0, 0.1) is 0 Å². The molecule has 6 nitrogen and oxygen atoms in total. The summed E-state index contributed by atoms with van der Waals surface area (Å²) in [6, 6.07) is 3.85. The van der Waals surface area contributed by atoms with Crippen molar-refractivity contribution in [2.45, 2.75) is 19.5 Å². The molecular formula is C14H17N5O. The molecule has 0 amide bonds. The van der Waals surface area contributed by atoms with Crippen molar-refractivity contribution in [3.05, 3.63) is 41.5 Å². The van der Waals surface area contributed by atoms with E-state index in [-0.39, 0.29) is 0 Å². The minimum atomic E-state index is 0.623. The van der Waals surface area contributed by atoms with Gasteiger partial charge in [0.05, 0.1) is 12.8 Å². The van der Waals surface area contributed by atoms with Gasteiger partial charge in [-0.3, -0.25) is 0 Å². The van der Waals surface area contributed by atoms with Crippen LogP contribution in [-0.2, 0) is 19.5 Å². The minimum Gasteiger partial charge on any atom is -0.481 e. The molecule has 0 atom stereocenters. The molecule has 0 saturated heterocycles. The lowest BCUT2D eigenvalue weighted by molar-refractivity contribution is 0.397. The highest BCUT2D eigenvalue weighted by atomic mass is 16.5. The summed E-state index contributed by atoms with van der Waals surface area (Å²) in [4.78, 5) is 12.9. The summed E-state index contributed by atoms with van der Waals surface area (Å²) in [5, 5.41) is 6.70. The van der Waals surface area contributed by atoms with E-state index < -0.39 is 0 Å². The fourth-order valence-electron chi connectivity index (χ4n) is 2.24. The normalized spacial score (nSPS) is 13.7. The van der Waals surface area contributed by atoms with Crippen LogP contribution < -0.4 is 15.4 Å². The van der Waals surface area contributed by atoms with Crippen LogP contribution in [0.25, 0.3) is 0 Å². The van der Waals surface area contributed by atoms with Crippen LogP contribution in [0.5, 0.6) is 5.88 Å². The molecule has 0 fully saturated rings. The zero-order valence-electron chi connectivity index (χ0n) is 11.4. The molecule has 2 aromatic rings. The molecule has 0 radical (unpaired) electrons. The van der Waals surface area contributed by atoms with Gasteiger partial charge in [0.2, 0.25) is 5.88 Å². The number of methoxy groups -OCH3 is 1. The molecule has 0 bridgehead atoms. The fourth-order valence-corrected chi connectivity index (χ4v) is 2.24. The molecule has 1 aliphatic heterocycles. The molecular weight excluding hydrogens is 254 g/mol. The summed E-state index contributed by atoms with van der Waals surface area (Å²) < 4.78 is 5.05. The maximum absolute atomic E-state index is 5.05. The van der Waals surface area contributed by atoms with Crippen molar-refractivity contribution in [2.75, 3.05) is 19.0 Å². The number of nitrogens with zero attached hydrogens (tertiary/aromatic N) is 3. The largest absolute Gasteiger partial charge is 0.481 e. The number of pyridine rings is 1. The molecule has 0 spiro atoms. The number of rotatable bonds is 4. The van der Waals surface area contributed by atoms with E-state index in [1.165, 1.54) is 5.56 Å². The highest BCUT2D eigenvalue weighted by Gasteiger charge is 2.14. The van der Waals surface area contributed by atoms with Gasteiger partial charge in [-0.2, -0.15) is 0 Å². The molecule has 20 heavy (non-hydrogen) atoms. The summed E-state index contributed by atoms with van der Waals surface area (Å²) in [5.74, 6) is 1.52. The third kappa shape index (κ3) is 2.70. The molecule has 2 N–H and O–H groups in total. The van der Waals surface area contributed by atoms with Gasteiger partial charge in [0.1, 0.15) is 12.1 Å². The maximum atomic E-state index is 5.05. The number of aromatic nitrogens is 3. The van der Waals surface area contributed by atoms with Gasteiger partial charge >= 0.3 is 0 Å². The quantitative estimate of drug-likeness (QED) is 0.869. The lowest BCUT2D eigenvalue weighted by atomic mass is 10.1. The Hall–Kier alpha value is -2.21. The van der Waals surface area contributed by atoms with Crippen LogP contribution in [-0.4, -0.2) is 28.6 Å². The molecule has 0 aliphatic carbocycles. The van der Waals surface area contributed by atoms with Gasteiger partial charge in [-0.25, -0.2) is 15.0 Å². The Morgan fingerprint density at radius 1 is 1.30 bits per heavy atom. The Bertz CT molecular complexity index is 585. The number of anilines is 1. The van der Waals surface area contributed by atoms with Crippen LogP contribution >= 0.6 is 0 Å². The van der Waals surface area contributed by atoms with E-state index in [9.17, 15) is 0 Å². The molecule has 6 heteroatoms. The lowest BCUT2D eigenvalue weighted by Gasteiger charge is -2.19. The number of nitrogens with one attached hydrogen (secondary N) is 2. The summed E-state index contributed by atoms with van der Waals surface area (Å²) in [7, 11) is 1.61. The van der Waals surface area contributed by atoms with E-state index >= 15 is 0 Å². The van der Waals surface area contributed by atoms with Crippen molar-refractivity contribution in [1.29, 1.82) is 0 Å². The Balaban J connectivity index is 1.71. The second-order valence-electron chi connectivity index (χ2n) is 4.64. The average molecular weight is 271 g/mol. The lowest BCUT2D eigenvalue weighted by Crippen LogP contribution is -2.26. The number of fused-ring (bicyclic) bond motifs is 1. The average Bonchev–Trinajstić information content (AvgIpc) is 2.53. The van der Waals surface area contributed by atoms with Gasteiger partial charge in [-0.15, -0.1) is 0 Å². The molecule has 3 heterocycles. The van der Waals surface area contributed by atoms with Crippen molar-refractivity contribution in [1.82, 2.24) is 20.3 Å². The Morgan fingerprint density at radius 3 is 3.05 bits per heavy atom. The van der Waals surface area contributed by atoms with E-state index in [0.29, 0.717) is 12.4 Å². The first-order valence-electron chi connectivity index (χ1n) is 6.63. The van der Waals surface area contributed by atoms with Gasteiger partial charge in [-0.05, 0) is 5.56 Å². The zero-order chi connectivity index (χ0) is 13.8. The Kier molecular flexibility index (Phi) is 3.73. The van der Waals surface area contributed by atoms with E-state index in [4.69, 9.17) is 4.74 Å². The van der Waals surface area contributed by atoms with Crippen molar-refractivity contribution in [3.8, 4) is 5.88 Å². The van der Waals surface area contributed by atoms with Crippen LogP contribution in [0.4, 0.5) is 5.82 Å². The minimum absolute atomic E-state index is 0.623. The third-order valence-electron chi connectivity index (χ3n) is 3.34. The fraction of sp³-hybridized carbons (Fsp3) is 0.357. The van der Waals surface area contributed by atoms with Crippen LogP contribution in [0.1, 0.15) is 16.8 Å². The summed E-state index contributed by atoms with van der Waals surface area (Å²) in [6.45, 7) is 2.48. The Labute approximate surface area is 117 Å². The van der Waals surface area contributed by atoms with Gasteiger partial charge in [0.15, 0.2) is 0 Å². The monoisotopic (exact) mass is 271 g/mol. The highest BCUT2D eigenvalue weighted by molar-refractivity contribution is 5.47. The highest BCUT2D eigenvalue weighted by Crippen LogP contribution is 2.19. The summed E-state index contributed by atoms with van der Waals surface area (Å²) in [6.07, 6.45) is 4.38. The predicted molar refractivity (Wildman–Crippen MR) is 75.6 cm³/mol. The van der Waals surface area contributed by atoms with Crippen LogP contribution in [0.2, 0.25) is 0 Å². The molecule has 0 saturated carbocycles. The molecule has 1 aliphatic rings. The van der Waals surface area contributed by atoms with Crippen molar-refractivity contribution < 1.29 is 4.74 Å². The third-order valence-corrected chi connectivity index (χ3v) is 3.34. The van der Waals surface area contributed by atoms with Crippen molar-refractivity contribution in [3.63, 3.8) is 0 Å². The smallest absolute Gasteiger partial charge is 0.212 e. The predicted octanol–water partition coefficient (Wildman–Crippen LogP) is 1.14. The van der Waals surface area contributed by atoms with Crippen LogP contribution in [0.15, 0.2) is 24.7 Å². The van der Waals surface area contributed by atoms with E-state index in [1.54, 1.807) is 19.6 Å². The first-order valence-corrected chi connectivity index (χ1v) is 6.63. The number of hydrogen-bond acceptors (Lipinski definition) is 6. The van der Waals surface area contributed by atoms with E-state index in [1.807, 2.05) is 12.1 Å². The van der Waals surface area contributed by atoms with E-state index in [2.05, 4.69) is 25.6 Å². The zero-order valence-corrected chi connectivity index (χ0v) is 11.4. The van der Waals surface area contributed by atoms with Gasteiger partial charge < -0.3 is 15.4 Å². The summed E-state index contributed by atoms with van der Waals surface area (Å²) >= 11 is 0. The SMILES string of the molecule is COc1ccc(CNc2ncnc3c2CNCC3)cn1. The standard InChI is InChI=1S/C14H17N5O/c1-20-13-3-2-10(6-16-13)7-17-14-11-8-15-5-4-12(11)18-9-19-14/h2-3,6,9,15H,4-5,7-8H2,1H3,(H,17,18,19). The molecule has 104 valence electrons. The first-order chi connectivity index (χ1) is 9.86.